The van der Waals surface area contributed by atoms with Crippen LogP contribution in [0.1, 0.15) is 24.0 Å². The number of carbonyl (C=O) groups is 2. The van der Waals surface area contributed by atoms with Gasteiger partial charge >= 0.3 is 6.03 Å². The van der Waals surface area contributed by atoms with E-state index >= 15 is 0 Å². The Hall–Kier alpha value is -3.94. The first-order chi connectivity index (χ1) is 19.5. The van der Waals surface area contributed by atoms with Gasteiger partial charge in [0.2, 0.25) is 0 Å². The maximum absolute atomic E-state index is 14.0. The van der Waals surface area contributed by atoms with Gasteiger partial charge in [0.1, 0.15) is 11.3 Å². The number of likely N-dealkylation sites (tertiary alicyclic amines) is 1. The van der Waals surface area contributed by atoms with Crippen molar-refractivity contribution in [3.63, 3.8) is 0 Å². The van der Waals surface area contributed by atoms with Crippen LogP contribution < -0.4 is 4.74 Å². The van der Waals surface area contributed by atoms with E-state index in [1.54, 1.807) is 19.1 Å². The smallest absolute Gasteiger partial charge is 0.328 e. The molecule has 2 fully saturated rings. The second kappa shape index (κ2) is 10.9. The number of benzene rings is 4. The van der Waals surface area contributed by atoms with Crippen LogP contribution in [0.5, 0.6) is 5.75 Å². The van der Waals surface area contributed by atoms with E-state index < -0.39 is 5.54 Å². The third kappa shape index (κ3) is 4.59. The molecular formula is C33H35N3O4. The normalized spacial score (nSPS) is 17.4. The highest BCUT2D eigenvalue weighted by Gasteiger charge is 2.57. The maximum atomic E-state index is 14.0. The van der Waals surface area contributed by atoms with E-state index in [-0.39, 0.29) is 18.5 Å². The summed E-state index contributed by atoms with van der Waals surface area (Å²) in [5.41, 5.74) is 1.34. The zero-order chi connectivity index (χ0) is 27.7. The van der Waals surface area contributed by atoms with Gasteiger partial charge < -0.3 is 14.4 Å². The van der Waals surface area contributed by atoms with Gasteiger partial charge in [-0.3, -0.25) is 14.6 Å². The number of imide groups is 1. The molecule has 0 N–H and O–H groups in total. The van der Waals surface area contributed by atoms with Crippen molar-refractivity contribution >= 4 is 33.5 Å². The van der Waals surface area contributed by atoms with Gasteiger partial charge in [-0.15, -0.1) is 0 Å². The molecule has 6 rings (SSSR count). The van der Waals surface area contributed by atoms with Crippen LogP contribution in [0.2, 0.25) is 0 Å². The Kier molecular flexibility index (Phi) is 7.17. The number of hydrogen-bond acceptors (Lipinski definition) is 5. The second-order valence-electron chi connectivity index (χ2n) is 10.8. The van der Waals surface area contributed by atoms with E-state index in [9.17, 15) is 9.59 Å². The predicted molar refractivity (Wildman–Crippen MR) is 156 cm³/mol. The topological polar surface area (TPSA) is 62.3 Å². The van der Waals surface area contributed by atoms with Crippen LogP contribution in [0.4, 0.5) is 4.79 Å². The molecule has 0 unspecified atom stereocenters. The van der Waals surface area contributed by atoms with Gasteiger partial charge in [0, 0.05) is 33.3 Å². The number of ether oxygens (including phenoxy) is 2. The molecule has 0 aliphatic carbocycles. The average Bonchev–Trinajstić information content (AvgIpc) is 3.17. The molecule has 0 saturated carbocycles. The van der Waals surface area contributed by atoms with Gasteiger partial charge in [-0.1, -0.05) is 60.7 Å². The number of methoxy groups -OCH3 is 2. The number of fused-ring (bicyclic) bond motifs is 2. The van der Waals surface area contributed by atoms with Gasteiger partial charge in [-0.2, -0.15) is 0 Å². The largest absolute Gasteiger partial charge is 0.497 e. The van der Waals surface area contributed by atoms with Crippen LogP contribution in [0.3, 0.4) is 0 Å². The van der Waals surface area contributed by atoms with Crippen molar-refractivity contribution < 1.29 is 19.1 Å². The van der Waals surface area contributed by atoms with Gasteiger partial charge in [-0.05, 0) is 63.7 Å². The Labute approximate surface area is 234 Å². The summed E-state index contributed by atoms with van der Waals surface area (Å²) < 4.78 is 10.7. The van der Waals surface area contributed by atoms with Crippen molar-refractivity contribution in [1.29, 1.82) is 0 Å². The Bertz CT molecular complexity index is 1510. The Morgan fingerprint density at radius 1 is 0.800 bits per heavy atom. The van der Waals surface area contributed by atoms with E-state index in [0.29, 0.717) is 31.7 Å². The first kappa shape index (κ1) is 26.3. The number of urea groups is 1. The van der Waals surface area contributed by atoms with Crippen LogP contribution in [0, 0.1) is 0 Å². The molecule has 2 saturated heterocycles. The Balaban J connectivity index is 1.26. The summed E-state index contributed by atoms with van der Waals surface area (Å²) in [4.78, 5) is 33.3. The fourth-order valence-corrected chi connectivity index (χ4v) is 6.43. The third-order valence-corrected chi connectivity index (χ3v) is 8.56. The van der Waals surface area contributed by atoms with Crippen molar-refractivity contribution in [3.8, 4) is 5.75 Å². The molecular weight excluding hydrogens is 502 g/mol. The lowest BCUT2D eigenvalue weighted by Gasteiger charge is -2.42. The maximum Gasteiger partial charge on any atom is 0.328 e. The molecule has 7 nitrogen and oxygen atoms in total. The summed E-state index contributed by atoms with van der Waals surface area (Å²) in [6.45, 7) is 3.26. The van der Waals surface area contributed by atoms with E-state index in [4.69, 9.17) is 9.47 Å². The van der Waals surface area contributed by atoms with Crippen molar-refractivity contribution in [2.45, 2.75) is 31.5 Å². The lowest BCUT2D eigenvalue weighted by atomic mass is 9.85. The highest BCUT2D eigenvalue weighted by atomic mass is 16.5. The van der Waals surface area contributed by atoms with Gasteiger partial charge in [0.05, 0.1) is 20.3 Å². The zero-order valence-electron chi connectivity index (χ0n) is 23.1. The predicted octanol–water partition coefficient (Wildman–Crippen LogP) is 5.45. The first-order valence-electron chi connectivity index (χ1n) is 13.9. The Morgan fingerprint density at radius 2 is 1.48 bits per heavy atom. The van der Waals surface area contributed by atoms with Crippen LogP contribution in [0.25, 0.3) is 21.5 Å². The van der Waals surface area contributed by atoms with Gasteiger partial charge in [0.25, 0.3) is 5.91 Å². The lowest BCUT2D eigenvalue weighted by Crippen LogP contribution is -2.57. The summed E-state index contributed by atoms with van der Waals surface area (Å²) in [7, 11) is 3.24. The summed E-state index contributed by atoms with van der Waals surface area (Å²) in [6, 6.07) is 26.7. The fourth-order valence-electron chi connectivity index (χ4n) is 6.43. The molecule has 206 valence electrons. The molecule has 1 spiro atoms. The van der Waals surface area contributed by atoms with E-state index in [2.05, 4.69) is 59.5 Å². The zero-order valence-corrected chi connectivity index (χ0v) is 23.1. The number of nitrogens with zero attached hydrogens (tertiary/aromatic N) is 3. The summed E-state index contributed by atoms with van der Waals surface area (Å²) in [6.07, 6.45) is 1.19. The van der Waals surface area contributed by atoms with Crippen molar-refractivity contribution in [1.82, 2.24) is 14.7 Å². The molecule has 7 heteroatoms. The van der Waals surface area contributed by atoms with Crippen LogP contribution in [0.15, 0.2) is 78.9 Å². The minimum absolute atomic E-state index is 0.105. The number of hydrogen-bond donors (Lipinski definition) is 0. The molecule has 2 heterocycles. The highest BCUT2D eigenvalue weighted by Crippen LogP contribution is 2.39. The summed E-state index contributed by atoms with van der Waals surface area (Å²) >= 11 is 0. The van der Waals surface area contributed by atoms with Gasteiger partial charge in [-0.25, -0.2) is 4.79 Å². The standard InChI is InChI=1S/C33H35N3O4/c1-39-19-18-36-32(38)35(22-24-8-7-11-27(20-24)40-2)31(37)33(36)14-16-34(17-15-33)23-30-28-12-5-3-9-25(28)21-26-10-4-6-13-29(26)30/h3-13,20-21H,14-19,22-23H2,1-2H3. The SMILES string of the molecule is COCCN1C(=O)N(Cc2cccc(OC)c2)C(=O)C12CCN(Cc1c3ccccc3cc3ccccc13)CC2. The molecule has 2 aliphatic heterocycles. The van der Waals surface area contributed by atoms with E-state index in [0.717, 1.165) is 25.2 Å². The first-order valence-corrected chi connectivity index (χ1v) is 13.9. The molecule has 0 atom stereocenters. The molecule has 40 heavy (non-hydrogen) atoms. The van der Waals surface area contributed by atoms with Crippen LogP contribution in [-0.2, 0) is 22.6 Å². The van der Waals surface area contributed by atoms with Crippen molar-refractivity contribution in [3.05, 3.63) is 90.0 Å². The third-order valence-electron chi connectivity index (χ3n) is 8.56. The number of rotatable bonds is 8. The monoisotopic (exact) mass is 537 g/mol. The minimum Gasteiger partial charge on any atom is -0.497 e. The fraction of sp³-hybridized carbons (Fsp3) is 0.333. The van der Waals surface area contributed by atoms with E-state index in [1.807, 2.05) is 24.3 Å². The molecule has 0 bridgehead atoms. The molecule has 4 aromatic carbocycles. The van der Waals surface area contributed by atoms with Crippen molar-refractivity contribution in [2.24, 2.45) is 0 Å². The summed E-state index contributed by atoms with van der Waals surface area (Å²) in [5.74, 6) is 0.600. The van der Waals surface area contributed by atoms with Gasteiger partial charge in [0.15, 0.2) is 0 Å². The minimum atomic E-state index is -0.841. The average molecular weight is 538 g/mol. The number of amides is 3. The highest BCUT2D eigenvalue weighted by molar-refractivity contribution is 6.07. The van der Waals surface area contributed by atoms with Crippen molar-refractivity contribution in [2.75, 3.05) is 40.5 Å². The molecule has 2 aliphatic rings. The second-order valence-corrected chi connectivity index (χ2v) is 10.8. The number of piperidine rings is 1. The molecule has 3 amide bonds. The quantitative estimate of drug-likeness (QED) is 0.221. The summed E-state index contributed by atoms with van der Waals surface area (Å²) in [5, 5.41) is 5.00. The van der Waals surface area contributed by atoms with Crippen LogP contribution in [-0.4, -0.2) is 72.6 Å². The molecule has 0 aromatic heterocycles. The van der Waals surface area contributed by atoms with Crippen LogP contribution >= 0.6 is 0 Å². The number of carbonyl (C=O) groups excluding carboxylic acids is 2. The molecule has 0 radical (unpaired) electrons. The lowest BCUT2D eigenvalue weighted by molar-refractivity contribution is -0.136. The molecule has 4 aromatic rings. The van der Waals surface area contributed by atoms with E-state index in [1.165, 1.54) is 32.0 Å². The Morgan fingerprint density at radius 3 is 2.12 bits per heavy atom.